The predicted molar refractivity (Wildman–Crippen MR) is 55.5 cm³/mol. The molecule has 1 aromatic rings. The summed E-state index contributed by atoms with van der Waals surface area (Å²) in [5, 5.41) is 18.3. The Hall–Kier alpha value is -1.80. The predicted octanol–water partition coefficient (Wildman–Crippen LogP) is 0.0828. The number of aryl methyl sites for hydroxylation is 1. The number of hydrogen-bond acceptors (Lipinski definition) is 4. The van der Waals surface area contributed by atoms with Gasteiger partial charge in [0.05, 0.1) is 0 Å². The third-order valence-electron chi connectivity index (χ3n) is 2.17. The van der Waals surface area contributed by atoms with Crippen molar-refractivity contribution in [2.75, 3.05) is 6.54 Å². The van der Waals surface area contributed by atoms with Crippen molar-refractivity contribution in [3.05, 3.63) is 27.5 Å². The summed E-state index contributed by atoms with van der Waals surface area (Å²) in [6.07, 6.45) is 0.585. The van der Waals surface area contributed by atoms with E-state index in [0.29, 0.717) is 25.1 Å². The van der Waals surface area contributed by atoms with Gasteiger partial charge in [-0.25, -0.2) is 0 Å². The summed E-state index contributed by atoms with van der Waals surface area (Å²) in [6, 6.07) is 3.25. The smallest absolute Gasteiger partial charge is 0.271 e. The Balaban J connectivity index is 3.28. The van der Waals surface area contributed by atoms with E-state index >= 15 is 0 Å². The van der Waals surface area contributed by atoms with Crippen LogP contribution in [0.4, 0.5) is 0 Å². The maximum Gasteiger partial charge on any atom is 0.271 e. The molecule has 0 radical (unpaired) electrons. The molecule has 5 nitrogen and oxygen atoms in total. The van der Waals surface area contributed by atoms with E-state index in [-0.39, 0.29) is 11.4 Å². The fourth-order valence-corrected chi connectivity index (χ4v) is 1.35. The van der Waals surface area contributed by atoms with Crippen molar-refractivity contribution in [3.8, 4) is 11.9 Å². The molecule has 0 atom stereocenters. The van der Waals surface area contributed by atoms with Gasteiger partial charge in [0, 0.05) is 12.6 Å². The quantitative estimate of drug-likeness (QED) is 0.734. The lowest BCUT2D eigenvalue weighted by molar-refractivity contribution is 0.402. The Morgan fingerprint density at radius 1 is 1.67 bits per heavy atom. The largest absolute Gasteiger partial charge is 0.494 e. The van der Waals surface area contributed by atoms with Gasteiger partial charge in [0.1, 0.15) is 11.6 Å². The van der Waals surface area contributed by atoms with Crippen LogP contribution in [-0.2, 0) is 6.54 Å². The molecular weight excluding hydrogens is 194 g/mol. The fourth-order valence-electron chi connectivity index (χ4n) is 1.35. The van der Waals surface area contributed by atoms with Gasteiger partial charge in [-0.2, -0.15) is 5.26 Å². The average molecular weight is 207 g/mol. The van der Waals surface area contributed by atoms with Crippen molar-refractivity contribution < 1.29 is 5.11 Å². The van der Waals surface area contributed by atoms with Crippen LogP contribution < -0.4 is 11.3 Å². The highest BCUT2D eigenvalue weighted by atomic mass is 16.3. The second-order valence-electron chi connectivity index (χ2n) is 3.27. The first-order valence-electron chi connectivity index (χ1n) is 4.65. The lowest BCUT2D eigenvalue weighted by Crippen LogP contribution is -2.24. The summed E-state index contributed by atoms with van der Waals surface area (Å²) in [5.41, 5.74) is 5.42. The van der Waals surface area contributed by atoms with E-state index in [9.17, 15) is 9.90 Å². The highest BCUT2D eigenvalue weighted by Gasteiger charge is 2.10. The molecule has 5 heteroatoms. The van der Waals surface area contributed by atoms with E-state index in [1.807, 2.05) is 6.07 Å². The highest BCUT2D eigenvalue weighted by molar-refractivity contribution is 5.37. The van der Waals surface area contributed by atoms with Crippen LogP contribution >= 0.6 is 0 Å². The zero-order valence-electron chi connectivity index (χ0n) is 8.53. The lowest BCUT2D eigenvalue weighted by Gasteiger charge is -2.09. The van der Waals surface area contributed by atoms with Gasteiger partial charge in [0.15, 0.2) is 5.88 Å². The molecule has 80 valence electrons. The van der Waals surface area contributed by atoms with Crippen LogP contribution in [0.1, 0.15) is 17.5 Å². The molecule has 1 aromatic heterocycles. The Morgan fingerprint density at radius 2 is 2.33 bits per heavy atom. The number of nitrogens with two attached hydrogens (primary N) is 1. The second-order valence-corrected chi connectivity index (χ2v) is 3.27. The minimum absolute atomic E-state index is 0.0739. The van der Waals surface area contributed by atoms with Gasteiger partial charge >= 0.3 is 0 Å². The lowest BCUT2D eigenvalue weighted by atomic mass is 10.1. The van der Waals surface area contributed by atoms with Crippen LogP contribution in [0.5, 0.6) is 5.88 Å². The van der Waals surface area contributed by atoms with Gasteiger partial charge in [-0.1, -0.05) is 0 Å². The van der Waals surface area contributed by atoms with Crippen LogP contribution in [0.2, 0.25) is 0 Å². The van der Waals surface area contributed by atoms with E-state index in [0.717, 1.165) is 0 Å². The summed E-state index contributed by atoms with van der Waals surface area (Å²) in [4.78, 5) is 11.7. The van der Waals surface area contributed by atoms with Gasteiger partial charge < -0.3 is 10.8 Å². The van der Waals surface area contributed by atoms with Gasteiger partial charge in [-0.15, -0.1) is 0 Å². The Bertz CT molecular complexity index is 457. The van der Waals surface area contributed by atoms with E-state index < -0.39 is 5.56 Å². The van der Waals surface area contributed by atoms with E-state index in [4.69, 9.17) is 11.0 Å². The SMILES string of the molecule is Cc1cc(O)n(CCCN)c(=O)c1C#N. The summed E-state index contributed by atoms with van der Waals surface area (Å²) in [5.74, 6) is -0.120. The molecule has 0 saturated carbocycles. The molecule has 3 N–H and O–H groups in total. The normalized spacial score (nSPS) is 9.93. The molecule has 15 heavy (non-hydrogen) atoms. The Kier molecular flexibility index (Phi) is 3.47. The van der Waals surface area contributed by atoms with Gasteiger partial charge in [-0.05, 0) is 25.5 Å². The zero-order valence-corrected chi connectivity index (χ0v) is 8.53. The van der Waals surface area contributed by atoms with E-state index in [2.05, 4.69) is 0 Å². The zero-order chi connectivity index (χ0) is 11.4. The number of pyridine rings is 1. The number of hydrogen-bond donors (Lipinski definition) is 2. The molecule has 0 aliphatic heterocycles. The Labute approximate surface area is 87.4 Å². The van der Waals surface area contributed by atoms with Crippen molar-refractivity contribution in [3.63, 3.8) is 0 Å². The first kappa shape index (κ1) is 11.3. The van der Waals surface area contributed by atoms with Crippen LogP contribution in [0.25, 0.3) is 0 Å². The fraction of sp³-hybridized carbons (Fsp3) is 0.400. The van der Waals surface area contributed by atoms with E-state index in [1.54, 1.807) is 6.92 Å². The first-order chi connectivity index (χ1) is 7.11. The van der Waals surface area contributed by atoms with Gasteiger partial charge in [0.25, 0.3) is 5.56 Å². The van der Waals surface area contributed by atoms with Gasteiger partial charge in [-0.3, -0.25) is 9.36 Å². The summed E-state index contributed by atoms with van der Waals surface area (Å²) in [7, 11) is 0. The molecule has 1 rings (SSSR count). The van der Waals surface area contributed by atoms with Crippen molar-refractivity contribution in [2.45, 2.75) is 19.9 Å². The standard InChI is InChI=1S/C10H13N3O2/c1-7-5-9(14)13(4-2-3-11)10(15)8(7)6-12/h5,14H,2-4,11H2,1H3. The van der Waals surface area contributed by atoms with Crippen LogP contribution in [-0.4, -0.2) is 16.2 Å². The molecule has 0 amide bonds. The third kappa shape index (κ3) is 2.17. The summed E-state index contributed by atoms with van der Waals surface area (Å²) < 4.78 is 1.17. The summed E-state index contributed by atoms with van der Waals surface area (Å²) in [6.45, 7) is 2.38. The van der Waals surface area contributed by atoms with Crippen LogP contribution in [0, 0.1) is 18.3 Å². The average Bonchev–Trinajstić information content (AvgIpc) is 2.17. The maximum absolute atomic E-state index is 11.7. The van der Waals surface area contributed by atoms with E-state index in [1.165, 1.54) is 10.6 Å². The molecule has 0 spiro atoms. The molecule has 0 saturated heterocycles. The van der Waals surface area contributed by atoms with Crippen molar-refractivity contribution >= 4 is 0 Å². The molecule has 0 aliphatic carbocycles. The van der Waals surface area contributed by atoms with Crippen LogP contribution in [0.15, 0.2) is 10.9 Å². The maximum atomic E-state index is 11.7. The minimum atomic E-state index is -0.455. The van der Waals surface area contributed by atoms with Gasteiger partial charge in [0.2, 0.25) is 0 Å². The number of aromatic nitrogens is 1. The molecule has 0 aromatic carbocycles. The first-order valence-corrected chi connectivity index (χ1v) is 4.65. The molecule has 0 bridgehead atoms. The molecular formula is C10H13N3O2. The number of nitrogens with zero attached hydrogens (tertiary/aromatic N) is 2. The van der Waals surface area contributed by atoms with Crippen LogP contribution in [0.3, 0.4) is 0 Å². The number of aromatic hydroxyl groups is 1. The minimum Gasteiger partial charge on any atom is -0.494 e. The number of nitriles is 1. The molecule has 1 heterocycles. The topological polar surface area (TPSA) is 92.0 Å². The molecule has 0 aliphatic rings. The van der Waals surface area contributed by atoms with Crippen molar-refractivity contribution in [2.24, 2.45) is 5.73 Å². The van der Waals surface area contributed by atoms with Crippen molar-refractivity contribution in [1.82, 2.24) is 4.57 Å². The molecule has 0 fully saturated rings. The molecule has 0 unspecified atom stereocenters. The van der Waals surface area contributed by atoms with Crippen molar-refractivity contribution in [1.29, 1.82) is 5.26 Å². The summed E-state index contributed by atoms with van der Waals surface area (Å²) >= 11 is 0. The third-order valence-corrected chi connectivity index (χ3v) is 2.17. The second kappa shape index (κ2) is 4.62. The Morgan fingerprint density at radius 3 is 2.87 bits per heavy atom. The highest BCUT2D eigenvalue weighted by Crippen LogP contribution is 2.11. The monoisotopic (exact) mass is 207 g/mol. The number of rotatable bonds is 3.